The third-order valence-electron chi connectivity index (χ3n) is 3.78. The lowest BCUT2D eigenvalue weighted by molar-refractivity contribution is -0.0765. The monoisotopic (exact) mass is 329 g/mol. The fourth-order valence-electron chi connectivity index (χ4n) is 2.62. The fourth-order valence-corrected chi connectivity index (χ4v) is 2.75. The lowest BCUT2D eigenvalue weighted by Crippen LogP contribution is -2.43. The van der Waals surface area contributed by atoms with Gasteiger partial charge in [-0.15, -0.1) is 0 Å². The summed E-state index contributed by atoms with van der Waals surface area (Å²) < 4.78 is 0. The van der Waals surface area contributed by atoms with Gasteiger partial charge in [0.15, 0.2) is 5.72 Å². The highest BCUT2D eigenvalue weighted by molar-refractivity contribution is 6.30. The minimum atomic E-state index is -1.52. The molecule has 3 N–H and O–H groups in total. The number of benzene rings is 2. The third kappa shape index (κ3) is 2.81. The maximum Gasteiger partial charge on any atom is 0.276 e. The Morgan fingerprint density at radius 3 is 2.43 bits per heavy atom. The zero-order chi connectivity index (χ0) is 16.6. The first kappa shape index (κ1) is 15.5. The van der Waals surface area contributed by atoms with Crippen LogP contribution in [0.5, 0.6) is 0 Å². The number of rotatable bonds is 2. The van der Waals surface area contributed by atoms with Crippen molar-refractivity contribution < 1.29 is 9.90 Å². The van der Waals surface area contributed by atoms with Crippen molar-refractivity contribution in [3.05, 3.63) is 64.7 Å². The molecule has 1 unspecified atom stereocenters. The number of hydrazone groups is 1. The summed E-state index contributed by atoms with van der Waals surface area (Å²) in [5, 5.41) is 17.0. The standard InChI is InChI=1S/C17H16ClN3O2/c1-11-10-17(23,13-4-6-14(18)7-5-13)21(20-11)16(22)12-2-8-15(19)9-3-12/h2-9,23H,10,19H2,1H3. The molecule has 1 heterocycles. The van der Waals surface area contributed by atoms with Crippen LogP contribution in [0.3, 0.4) is 0 Å². The van der Waals surface area contributed by atoms with Crippen LogP contribution in [0.4, 0.5) is 5.69 Å². The van der Waals surface area contributed by atoms with E-state index in [1.54, 1.807) is 55.5 Å². The van der Waals surface area contributed by atoms with Crippen LogP contribution in [0.2, 0.25) is 5.02 Å². The summed E-state index contributed by atoms with van der Waals surface area (Å²) in [5.41, 5.74) is 6.33. The summed E-state index contributed by atoms with van der Waals surface area (Å²) in [6.07, 6.45) is 0.245. The molecule has 2 aromatic rings. The van der Waals surface area contributed by atoms with Crippen molar-refractivity contribution in [1.82, 2.24) is 5.01 Å². The molecule has 0 fully saturated rings. The van der Waals surface area contributed by atoms with E-state index in [-0.39, 0.29) is 12.3 Å². The number of amides is 1. The number of nitrogens with two attached hydrogens (primary N) is 1. The largest absolute Gasteiger partial charge is 0.399 e. The van der Waals surface area contributed by atoms with Crippen LogP contribution in [0.15, 0.2) is 53.6 Å². The normalized spacial score (nSPS) is 20.5. The summed E-state index contributed by atoms with van der Waals surface area (Å²) in [7, 11) is 0. The van der Waals surface area contributed by atoms with Crippen molar-refractivity contribution in [3.63, 3.8) is 0 Å². The van der Waals surface area contributed by atoms with Gasteiger partial charge in [0, 0.05) is 34.0 Å². The van der Waals surface area contributed by atoms with Gasteiger partial charge in [-0.2, -0.15) is 10.1 Å². The lowest BCUT2D eigenvalue weighted by Gasteiger charge is -2.31. The molecule has 1 amide bonds. The average molecular weight is 330 g/mol. The summed E-state index contributed by atoms with van der Waals surface area (Å²) in [6.45, 7) is 1.77. The second-order valence-corrected chi connectivity index (χ2v) is 6.01. The molecule has 3 rings (SSSR count). The number of halogens is 1. The van der Waals surface area contributed by atoms with Crippen LogP contribution >= 0.6 is 11.6 Å². The van der Waals surface area contributed by atoms with Gasteiger partial charge in [0.25, 0.3) is 5.91 Å². The Morgan fingerprint density at radius 1 is 1.22 bits per heavy atom. The molecule has 1 atom stereocenters. The number of anilines is 1. The molecular formula is C17H16ClN3O2. The highest BCUT2D eigenvalue weighted by atomic mass is 35.5. The number of nitrogens with zero attached hydrogens (tertiary/aromatic N) is 2. The molecule has 0 bridgehead atoms. The molecular weight excluding hydrogens is 314 g/mol. The second kappa shape index (κ2) is 5.68. The summed E-state index contributed by atoms with van der Waals surface area (Å²) in [6, 6.07) is 13.2. The first-order valence-electron chi connectivity index (χ1n) is 7.13. The van der Waals surface area contributed by atoms with Crippen LogP contribution < -0.4 is 5.73 Å². The van der Waals surface area contributed by atoms with Gasteiger partial charge in [-0.3, -0.25) is 4.79 Å². The first-order chi connectivity index (χ1) is 10.9. The van der Waals surface area contributed by atoms with Gasteiger partial charge >= 0.3 is 0 Å². The Bertz CT molecular complexity index is 771. The van der Waals surface area contributed by atoms with E-state index in [0.29, 0.717) is 27.5 Å². The summed E-state index contributed by atoms with van der Waals surface area (Å²) in [5.74, 6) is -0.390. The molecule has 0 aliphatic carbocycles. The van der Waals surface area contributed by atoms with Crippen molar-refractivity contribution >= 4 is 28.9 Å². The maximum atomic E-state index is 12.8. The molecule has 0 spiro atoms. The lowest BCUT2D eigenvalue weighted by atomic mass is 9.97. The summed E-state index contributed by atoms with van der Waals surface area (Å²) in [4.78, 5) is 12.8. The van der Waals surface area contributed by atoms with Crippen LogP contribution in [-0.2, 0) is 5.72 Å². The van der Waals surface area contributed by atoms with Crippen molar-refractivity contribution in [2.75, 3.05) is 5.73 Å². The molecule has 0 saturated heterocycles. The van der Waals surface area contributed by atoms with Gasteiger partial charge in [0.1, 0.15) is 0 Å². The smallest absolute Gasteiger partial charge is 0.276 e. The van der Waals surface area contributed by atoms with Gasteiger partial charge in [-0.05, 0) is 43.3 Å². The second-order valence-electron chi connectivity index (χ2n) is 5.57. The first-order valence-corrected chi connectivity index (χ1v) is 7.50. The van der Waals surface area contributed by atoms with Gasteiger partial charge in [-0.1, -0.05) is 23.7 Å². The molecule has 6 heteroatoms. The van der Waals surface area contributed by atoms with Crippen molar-refractivity contribution in [1.29, 1.82) is 0 Å². The highest BCUT2D eigenvalue weighted by Gasteiger charge is 2.45. The zero-order valence-corrected chi connectivity index (χ0v) is 13.3. The minimum Gasteiger partial charge on any atom is -0.399 e. The van der Waals surface area contributed by atoms with E-state index in [9.17, 15) is 9.90 Å². The average Bonchev–Trinajstić information content (AvgIpc) is 2.84. The minimum absolute atomic E-state index is 0.245. The Kier molecular flexibility index (Phi) is 3.83. The molecule has 0 aromatic heterocycles. The Hall–Kier alpha value is -2.37. The van der Waals surface area contributed by atoms with Gasteiger partial charge < -0.3 is 10.8 Å². The van der Waals surface area contributed by atoms with Crippen LogP contribution in [0.1, 0.15) is 29.3 Å². The number of nitrogen functional groups attached to an aromatic ring is 1. The SMILES string of the molecule is CC1=NN(C(=O)c2ccc(N)cc2)C(O)(c2ccc(Cl)cc2)C1. The van der Waals surface area contributed by atoms with Crippen molar-refractivity contribution in [3.8, 4) is 0 Å². The van der Waals surface area contributed by atoms with E-state index in [1.807, 2.05) is 0 Å². The number of hydrogen-bond acceptors (Lipinski definition) is 4. The summed E-state index contributed by atoms with van der Waals surface area (Å²) >= 11 is 5.90. The van der Waals surface area contributed by atoms with Gasteiger partial charge in [0.05, 0.1) is 0 Å². The Balaban J connectivity index is 1.99. The van der Waals surface area contributed by atoms with E-state index in [0.717, 1.165) is 5.01 Å². The van der Waals surface area contributed by atoms with Gasteiger partial charge in [0.2, 0.25) is 0 Å². The van der Waals surface area contributed by atoms with Crippen LogP contribution in [-0.4, -0.2) is 21.7 Å². The molecule has 1 aliphatic heterocycles. The van der Waals surface area contributed by atoms with Crippen molar-refractivity contribution in [2.24, 2.45) is 5.10 Å². The quantitative estimate of drug-likeness (QED) is 0.831. The topological polar surface area (TPSA) is 78.9 Å². The molecule has 118 valence electrons. The number of hydrogen-bond donors (Lipinski definition) is 2. The number of aliphatic hydroxyl groups is 1. The van der Waals surface area contributed by atoms with Crippen LogP contribution in [0.25, 0.3) is 0 Å². The third-order valence-corrected chi connectivity index (χ3v) is 4.03. The molecule has 0 radical (unpaired) electrons. The molecule has 5 nitrogen and oxygen atoms in total. The predicted octanol–water partition coefficient (Wildman–Crippen LogP) is 2.99. The van der Waals surface area contributed by atoms with E-state index in [1.165, 1.54) is 0 Å². The fraction of sp³-hybridized carbons (Fsp3) is 0.176. The number of carbonyl (C=O) groups excluding carboxylic acids is 1. The van der Waals surface area contributed by atoms with E-state index in [4.69, 9.17) is 17.3 Å². The Labute approximate surface area is 139 Å². The molecule has 23 heavy (non-hydrogen) atoms. The predicted molar refractivity (Wildman–Crippen MR) is 90.1 cm³/mol. The van der Waals surface area contributed by atoms with E-state index in [2.05, 4.69) is 5.10 Å². The molecule has 2 aromatic carbocycles. The zero-order valence-electron chi connectivity index (χ0n) is 12.5. The van der Waals surface area contributed by atoms with Crippen molar-refractivity contribution in [2.45, 2.75) is 19.1 Å². The highest BCUT2D eigenvalue weighted by Crippen LogP contribution is 2.36. The van der Waals surface area contributed by atoms with Crippen LogP contribution in [0, 0.1) is 0 Å². The van der Waals surface area contributed by atoms with Gasteiger partial charge in [-0.25, -0.2) is 0 Å². The maximum absolute atomic E-state index is 12.8. The van der Waals surface area contributed by atoms with E-state index < -0.39 is 5.72 Å². The molecule has 0 saturated carbocycles. The number of carbonyl (C=O) groups is 1. The molecule has 1 aliphatic rings. The Morgan fingerprint density at radius 2 is 1.83 bits per heavy atom. The van der Waals surface area contributed by atoms with E-state index >= 15 is 0 Å².